The molecule has 0 saturated heterocycles. The lowest BCUT2D eigenvalue weighted by molar-refractivity contribution is 0.194. The van der Waals surface area contributed by atoms with E-state index >= 15 is 0 Å². The van der Waals surface area contributed by atoms with Crippen LogP contribution in [0.5, 0.6) is 0 Å². The van der Waals surface area contributed by atoms with Crippen molar-refractivity contribution in [3.63, 3.8) is 0 Å². The number of aromatic nitrogens is 4. The van der Waals surface area contributed by atoms with Gasteiger partial charge in [0.15, 0.2) is 6.10 Å². The maximum absolute atomic E-state index is 13.2. The molecule has 1 aliphatic rings. The number of hydrogen-bond acceptors (Lipinski definition) is 4. The molecule has 0 fully saturated rings. The predicted molar refractivity (Wildman–Crippen MR) is 95.0 cm³/mol. The Kier molecular flexibility index (Phi) is 4.52. The lowest BCUT2D eigenvalue weighted by Gasteiger charge is -2.27. The van der Waals surface area contributed by atoms with Crippen molar-refractivity contribution in [3.05, 3.63) is 70.3 Å². The lowest BCUT2D eigenvalue weighted by atomic mass is 10.1. The second-order valence-corrected chi connectivity index (χ2v) is 6.94. The zero-order chi connectivity index (χ0) is 18.3. The SMILES string of the molecule is Cn1ccnc1[C@@H](O)c1cc2n(n1)CCN(Cc1ccc(F)cc1Cl)C2. The molecule has 0 radical (unpaired) electrons. The maximum atomic E-state index is 13.2. The number of halogens is 2. The molecule has 1 aromatic carbocycles. The second-order valence-electron chi connectivity index (χ2n) is 6.53. The molecule has 0 bridgehead atoms. The molecule has 26 heavy (non-hydrogen) atoms. The van der Waals surface area contributed by atoms with Gasteiger partial charge in [-0.1, -0.05) is 17.7 Å². The summed E-state index contributed by atoms with van der Waals surface area (Å²) in [6.07, 6.45) is 2.60. The number of aliphatic hydroxyl groups excluding tert-OH is 1. The van der Waals surface area contributed by atoms with Crippen LogP contribution in [-0.4, -0.2) is 35.9 Å². The Morgan fingerprint density at radius 1 is 1.31 bits per heavy atom. The van der Waals surface area contributed by atoms with Crippen LogP contribution in [0.4, 0.5) is 4.39 Å². The molecule has 1 atom stereocenters. The van der Waals surface area contributed by atoms with Crippen molar-refractivity contribution in [1.29, 1.82) is 0 Å². The molecule has 3 aromatic rings. The highest BCUT2D eigenvalue weighted by molar-refractivity contribution is 6.31. The second kappa shape index (κ2) is 6.83. The fourth-order valence-corrected chi connectivity index (χ4v) is 3.50. The Labute approximate surface area is 155 Å². The third-order valence-electron chi connectivity index (χ3n) is 4.69. The summed E-state index contributed by atoms with van der Waals surface area (Å²) >= 11 is 6.14. The first-order valence-corrected chi connectivity index (χ1v) is 8.77. The van der Waals surface area contributed by atoms with Crippen LogP contribution < -0.4 is 0 Å². The molecule has 136 valence electrons. The topological polar surface area (TPSA) is 59.1 Å². The van der Waals surface area contributed by atoms with Gasteiger partial charge in [0.25, 0.3) is 0 Å². The smallest absolute Gasteiger partial charge is 0.155 e. The van der Waals surface area contributed by atoms with Crippen LogP contribution in [0.2, 0.25) is 5.02 Å². The first-order valence-electron chi connectivity index (χ1n) is 8.39. The number of nitrogens with zero attached hydrogens (tertiary/aromatic N) is 5. The van der Waals surface area contributed by atoms with E-state index in [9.17, 15) is 9.50 Å². The van der Waals surface area contributed by atoms with E-state index in [0.717, 1.165) is 24.3 Å². The summed E-state index contributed by atoms with van der Waals surface area (Å²) in [6.45, 7) is 2.86. The first-order chi connectivity index (χ1) is 12.5. The molecular weight excluding hydrogens is 357 g/mol. The Bertz CT molecular complexity index is 938. The highest BCUT2D eigenvalue weighted by Crippen LogP contribution is 2.25. The minimum absolute atomic E-state index is 0.330. The summed E-state index contributed by atoms with van der Waals surface area (Å²) in [4.78, 5) is 6.42. The van der Waals surface area contributed by atoms with Crippen LogP contribution in [0.1, 0.15) is 28.9 Å². The van der Waals surface area contributed by atoms with Gasteiger partial charge >= 0.3 is 0 Å². The van der Waals surface area contributed by atoms with Crippen molar-refractivity contribution in [2.45, 2.75) is 25.7 Å². The number of imidazole rings is 1. The van der Waals surface area contributed by atoms with E-state index in [1.54, 1.807) is 23.0 Å². The zero-order valence-electron chi connectivity index (χ0n) is 14.3. The summed E-state index contributed by atoms with van der Waals surface area (Å²) in [5.74, 6) is 0.235. The molecule has 0 saturated carbocycles. The van der Waals surface area contributed by atoms with Gasteiger partial charge in [0.1, 0.15) is 11.6 Å². The van der Waals surface area contributed by atoms with Crippen molar-refractivity contribution in [2.24, 2.45) is 7.05 Å². The number of rotatable bonds is 4. The van der Waals surface area contributed by atoms with E-state index < -0.39 is 6.10 Å². The molecule has 8 heteroatoms. The van der Waals surface area contributed by atoms with Crippen LogP contribution in [0, 0.1) is 5.82 Å². The third kappa shape index (κ3) is 3.25. The summed E-state index contributed by atoms with van der Waals surface area (Å²) in [5, 5.41) is 15.5. The quantitative estimate of drug-likeness (QED) is 0.761. The number of aliphatic hydroxyl groups is 1. The molecule has 1 N–H and O–H groups in total. The molecule has 1 aliphatic heterocycles. The molecule has 6 nitrogen and oxygen atoms in total. The summed E-state index contributed by atoms with van der Waals surface area (Å²) in [6, 6.07) is 6.40. The largest absolute Gasteiger partial charge is 0.379 e. The lowest BCUT2D eigenvalue weighted by Crippen LogP contribution is -2.33. The van der Waals surface area contributed by atoms with E-state index in [0.29, 0.717) is 29.6 Å². The maximum Gasteiger partial charge on any atom is 0.155 e. The standard InChI is InChI=1S/C18H19ClFN5O/c1-23-5-4-21-18(23)17(26)16-9-14-11-24(6-7-25(14)22-16)10-12-2-3-13(20)8-15(12)19/h2-5,8-9,17,26H,6-7,10-11H2,1H3/t17-/m0/s1. The average molecular weight is 376 g/mol. The zero-order valence-corrected chi connectivity index (χ0v) is 15.1. The fourth-order valence-electron chi connectivity index (χ4n) is 3.28. The van der Waals surface area contributed by atoms with Crippen LogP contribution in [-0.2, 0) is 26.7 Å². The fraction of sp³-hybridized carbons (Fsp3) is 0.333. The summed E-state index contributed by atoms with van der Waals surface area (Å²) < 4.78 is 16.9. The van der Waals surface area contributed by atoms with Crippen molar-refractivity contribution >= 4 is 11.6 Å². The van der Waals surface area contributed by atoms with E-state index in [4.69, 9.17) is 11.6 Å². The van der Waals surface area contributed by atoms with Crippen molar-refractivity contribution < 1.29 is 9.50 Å². The van der Waals surface area contributed by atoms with Crippen LogP contribution in [0.3, 0.4) is 0 Å². The van der Waals surface area contributed by atoms with E-state index in [1.165, 1.54) is 12.1 Å². The highest BCUT2D eigenvalue weighted by atomic mass is 35.5. The predicted octanol–water partition coefficient (Wildman–Crippen LogP) is 2.51. The van der Waals surface area contributed by atoms with Crippen molar-refractivity contribution in [2.75, 3.05) is 6.54 Å². The number of aryl methyl sites for hydroxylation is 1. The summed E-state index contributed by atoms with van der Waals surface area (Å²) in [5.41, 5.74) is 2.52. The normalized spacial score (nSPS) is 15.8. The Morgan fingerprint density at radius 3 is 2.88 bits per heavy atom. The molecule has 0 aliphatic carbocycles. The highest BCUT2D eigenvalue weighted by Gasteiger charge is 2.24. The van der Waals surface area contributed by atoms with Gasteiger partial charge in [0, 0.05) is 44.1 Å². The van der Waals surface area contributed by atoms with Gasteiger partial charge in [-0.15, -0.1) is 0 Å². The van der Waals surface area contributed by atoms with Gasteiger partial charge in [-0.2, -0.15) is 5.10 Å². The van der Waals surface area contributed by atoms with E-state index in [-0.39, 0.29) is 5.82 Å². The van der Waals surface area contributed by atoms with Crippen LogP contribution in [0.25, 0.3) is 0 Å². The van der Waals surface area contributed by atoms with Gasteiger partial charge in [0.2, 0.25) is 0 Å². The van der Waals surface area contributed by atoms with Crippen molar-refractivity contribution in [1.82, 2.24) is 24.2 Å². The molecule has 3 heterocycles. The van der Waals surface area contributed by atoms with Gasteiger partial charge in [-0.05, 0) is 23.8 Å². The van der Waals surface area contributed by atoms with E-state index in [1.807, 2.05) is 17.8 Å². The van der Waals surface area contributed by atoms with Crippen molar-refractivity contribution in [3.8, 4) is 0 Å². The van der Waals surface area contributed by atoms with Gasteiger partial charge < -0.3 is 9.67 Å². The monoisotopic (exact) mass is 375 g/mol. The van der Waals surface area contributed by atoms with Crippen LogP contribution >= 0.6 is 11.6 Å². The van der Waals surface area contributed by atoms with Gasteiger partial charge in [-0.25, -0.2) is 9.37 Å². The molecule has 4 rings (SSSR count). The van der Waals surface area contributed by atoms with Crippen LogP contribution in [0.15, 0.2) is 36.7 Å². The number of fused-ring (bicyclic) bond motifs is 1. The van der Waals surface area contributed by atoms with Gasteiger partial charge in [0.05, 0.1) is 17.9 Å². The average Bonchev–Trinajstić information content (AvgIpc) is 3.22. The summed E-state index contributed by atoms with van der Waals surface area (Å²) in [7, 11) is 1.84. The number of benzene rings is 1. The number of hydrogen-bond donors (Lipinski definition) is 1. The molecule has 0 amide bonds. The molecule has 0 spiro atoms. The Hall–Kier alpha value is -2.22. The van der Waals surface area contributed by atoms with E-state index in [2.05, 4.69) is 15.0 Å². The molecule has 2 aromatic heterocycles. The minimum atomic E-state index is -0.854. The van der Waals surface area contributed by atoms with Gasteiger partial charge in [-0.3, -0.25) is 9.58 Å². The minimum Gasteiger partial charge on any atom is -0.379 e. The molecular formula is C18H19ClFN5O. The third-order valence-corrected chi connectivity index (χ3v) is 5.04. The Balaban J connectivity index is 1.51. The first kappa shape index (κ1) is 17.2. The Morgan fingerprint density at radius 2 is 2.15 bits per heavy atom. The molecule has 0 unspecified atom stereocenters.